The van der Waals surface area contributed by atoms with E-state index in [0.717, 1.165) is 16.7 Å². The van der Waals surface area contributed by atoms with Gasteiger partial charge in [0.25, 0.3) is 0 Å². The maximum absolute atomic E-state index is 6.74. The highest BCUT2D eigenvalue weighted by Crippen LogP contribution is 2.31. The van der Waals surface area contributed by atoms with Crippen LogP contribution in [0.15, 0.2) is 121 Å². The molecule has 1 aliphatic rings. The lowest BCUT2D eigenvalue weighted by Crippen LogP contribution is -2.62. The first-order chi connectivity index (χ1) is 19.3. The van der Waals surface area contributed by atoms with E-state index in [-0.39, 0.29) is 12.1 Å². The van der Waals surface area contributed by atoms with Gasteiger partial charge in [-0.05, 0) is 35.2 Å². The summed E-state index contributed by atoms with van der Waals surface area (Å²) in [4.78, 5) is 11.9. The number of hydrogen-bond acceptors (Lipinski definition) is 6. The molecule has 0 aromatic heterocycles. The molecule has 4 aromatic rings. The van der Waals surface area contributed by atoms with Gasteiger partial charge in [-0.2, -0.15) is 4.89 Å². The molecular formula is C33H35NO5. The maximum atomic E-state index is 6.74. The third-order valence-electron chi connectivity index (χ3n) is 6.82. The molecule has 0 saturated heterocycles. The number of ether oxygens (including phenoxy) is 3. The topological polar surface area (TPSA) is 72.2 Å². The molecule has 6 heteroatoms. The Balaban J connectivity index is 1.38. The second-order valence-corrected chi connectivity index (χ2v) is 9.71. The van der Waals surface area contributed by atoms with Gasteiger partial charge in [-0.3, -0.25) is 0 Å². The molecule has 39 heavy (non-hydrogen) atoms. The summed E-state index contributed by atoms with van der Waals surface area (Å²) in [5.74, 6) is 0.585. The van der Waals surface area contributed by atoms with E-state index in [2.05, 4.69) is 0 Å². The fourth-order valence-corrected chi connectivity index (χ4v) is 4.77. The molecule has 0 amide bonds. The van der Waals surface area contributed by atoms with Crippen molar-refractivity contribution in [3.05, 3.63) is 138 Å². The van der Waals surface area contributed by atoms with Crippen LogP contribution in [0.4, 0.5) is 0 Å². The third kappa shape index (κ3) is 7.76. The van der Waals surface area contributed by atoms with Crippen LogP contribution in [0.25, 0.3) is 0 Å². The summed E-state index contributed by atoms with van der Waals surface area (Å²) >= 11 is 0. The van der Waals surface area contributed by atoms with Crippen molar-refractivity contribution in [2.24, 2.45) is 5.73 Å². The van der Waals surface area contributed by atoms with Crippen molar-refractivity contribution in [3.63, 3.8) is 0 Å². The van der Waals surface area contributed by atoms with Crippen LogP contribution >= 0.6 is 0 Å². The van der Waals surface area contributed by atoms with Crippen molar-refractivity contribution in [2.45, 2.75) is 56.7 Å². The van der Waals surface area contributed by atoms with E-state index in [9.17, 15) is 0 Å². The molecule has 1 aliphatic carbocycles. The molecule has 0 unspecified atom stereocenters. The van der Waals surface area contributed by atoms with Gasteiger partial charge in [0.05, 0.1) is 25.9 Å². The Morgan fingerprint density at radius 1 is 0.513 bits per heavy atom. The van der Waals surface area contributed by atoms with Gasteiger partial charge in [0.2, 0.25) is 0 Å². The molecule has 1 fully saturated rings. The Bertz CT molecular complexity index is 1230. The van der Waals surface area contributed by atoms with Gasteiger partial charge >= 0.3 is 0 Å². The molecule has 202 valence electrons. The third-order valence-corrected chi connectivity index (χ3v) is 6.82. The molecule has 5 atom stereocenters. The summed E-state index contributed by atoms with van der Waals surface area (Å²) < 4.78 is 19.4. The summed E-state index contributed by atoms with van der Waals surface area (Å²) in [7, 11) is 0. The van der Waals surface area contributed by atoms with E-state index >= 15 is 0 Å². The average Bonchev–Trinajstić information content (AvgIpc) is 3.00. The van der Waals surface area contributed by atoms with Crippen molar-refractivity contribution in [3.8, 4) is 5.75 Å². The highest BCUT2D eigenvalue weighted by molar-refractivity contribution is 5.20. The highest BCUT2D eigenvalue weighted by Gasteiger charge is 2.48. The minimum Gasteiger partial charge on any atom is -0.371 e. The predicted octanol–water partition coefficient (Wildman–Crippen LogP) is 5.85. The van der Waals surface area contributed by atoms with E-state index in [1.807, 2.05) is 121 Å². The van der Waals surface area contributed by atoms with E-state index < -0.39 is 18.3 Å². The summed E-state index contributed by atoms with van der Waals surface area (Å²) in [5.41, 5.74) is 9.92. The maximum Gasteiger partial charge on any atom is 0.165 e. The SMILES string of the molecule is N[C@@H]1C[C@H](OCc2ccccc2)[C@H](OCc2ccccc2)[C@@H](OOc2ccccc2)[C@@H]1OCc1ccccc1. The van der Waals surface area contributed by atoms with Crippen molar-refractivity contribution in [2.75, 3.05) is 0 Å². The Kier molecular flexibility index (Phi) is 9.74. The van der Waals surface area contributed by atoms with Crippen molar-refractivity contribution in [1.82, 2.24) is 0 Å². The molecule has 0 bridgehead atoms. The lowest BCUT2D eigenvalue weighted by atomic mass is 9.85. The van der Waals surface area contributed by atoms with Gasteiger partial charge in [0.15, 0.2) is 11.9 Å². The quantitative estimate of drug-likeness (QED) is 0.185. The number of rotatable bonds is 12. The molecule has 0 heterocycles. The van der Waals surface area contributed by atoms with Crippen LogP contribution in [-0.4, -0.2) is 30.5 Å². The van der Waals surface area contributed by atoms with E-state index in [0.29, 0.717) is 32.0 Å². The number of benzene rings is 4. The van der Waals surface area contributed by atoms with Crippen LogP contribution in [0.3, 0.4) is 0 Å². The minimum atomic E-state index is -0.637. The molecular weight excluding hydrogens is 490 g/mol. The van der Waals surface area contributed by atoms with E-state index in [1.165, 1.54) is 0 Å². The van der Waals surface area contributed by atoms with Crippen LogP contribution in [0.5, 0.6) is 5.75 Å². The minimum absolute atomic E-state index is 0.329. The summed E-state index contributed by atoms with van der Waals surface area (Å²) in [5, 5.41) is 0. The van der Waals surface area contributed by atoms with Gasteiger partial charge in [-0.1, -0.05) is 109 Å². The molecule has 2 N–H and O–H groups in total. The number of hydrogen-bond donors (Lipinski definition) is 1. The zero-order valence-electron chi connectivity index (χ0n) is 21.9. The smallest absolute Gasteiger partial charge is 0.165 e. The average molecular weight is 526 g/mol. The summed E-state index contributed by atoms with van der Waals surface area (Å²) in [6.45, 7) is 1.22. The lowest BCUT2D eigenvalue weighted by molar-refractivity contribution is -0.321. The highest BCUT2D eigenvalue weighted by atomic mass is 17.2. The number of para-hydroxylation sites is 1. The Morgan fingerprint density at radius 3 is 1.46 bits per heavy atom. The van der Waals surface area contributed by atoms with Crippen LogP contribution < -0.4 is 10.6 Å². The van der Waals surface area contributed by atoms with Crippen molar-refractivity contribution < 1.29 is 24.0 Å². The summed E-state index contributed by atoms with van der Waals surface area (Å²) in [6.07, 6.45) is -1.38. The second-order valence-electron chi connectivity index (χ2n) is 9.71. The zero-order chi connectivity index (χ0) is 26.7. The molecule has 1 saturated carbocycles. The number of nitrogens with two attached hydrogens (primary N) is 1. The fourth-order valence-electron chi connectivity index (χ4n) is 4.77. The standard InChI is InChI=1S/C33H35NO5/c34-29-21-30(35-22-25-13-5-1-6-14-25)32(37-24-27-17-9-3-10-18-27)33(39-38-28-19-11-4-12-20-28)31(29)36-23-26-15-7-2-8-16-26/h1-20,29-33H,21-24,34H2/t29-,30+,31-,32+,33+/m1/s1. The first kappa shape index (κ1) is 27.1. The normalized spacial score (nSPS) is 22.8. The van der Waals surface area contributed by atoms with E-state index in [1.54, 1.807) is 0 Å². The zero-order valence-corrected chi connectivity index (χ0v) is 21.9. The molecule has 5 rings (SSSR count). The molecule has 0 spiro atoms. The first-order valence-corrected chi connectivity index (χ1v) is 13.4. The fraction of sp³-hybridized carbons (Fsp3) is 0.273. The van der Waals surface area contributed by atoms with Crippen molar-refractivity contribution in [1.29, 1.82) is 0 Å². The van der Waals surface area contributed by atoms with Gasteiger partial charge < -0.3 is 24.8 Å². The van der Waals surface area contributed by atoms with Crippen LogP contribution in [0, 0.1) is 0 Å². The molecule has 0 radical (unpaired) electrons. The van der Waals surface area contributed by atoms with Gasteiger partial charge in [-0.15, -0.1) is 0 Å². The van der Waals surface area contributed by atoms with Gasteiger partial charge in [0, 0.05) is 6.04 Å². The van der Waals surface area contributed by atoms with Crippen LogP contribution in [0.1, 0.15) is 23.1 Å². The Morgan fingerprint density at radius 2 is 0.949 bits per heavy atom. The van der Waals surface area contributed by atoms with Gasteiger partial charge in [-0.25, -0.2) is 0 Å². The van der Waals surface area contributed by atoms with Gasteiger partial charge in [0.1, 0.15) is 12.2 Å². The van der Waals surface area contributed by atoms with Crippen LogP contribution in [-0.2, 0) is 38.9 Å². The Hall–Kier alpha value is -3.52. The summed E-state index contributed by atoms with van der Waals surface area (Å²) in [6, 6.07) is 39.2. The van der Waals surface area contributed by atoms with E-state index in [4.69, 9.17) is 29.7 Å². The molecule has 4 aromatic carbocycles. The molecule has 0 aliphatic heterocycles. The lowest BCUT2D eigenvalue weighted by Gasteiger charge is -2.44. The predicted molar refractivity (Wildman–Crippen MR) is 150 cm³/mol. The first-order valence-electron chi connectivity index (χ1n) is 13.4. The monoisotopic (exact) mass is 525 g/mol. The largest absolute Gasteiger partial charge is 0.371 e. The Labute approximate surface area is 230 Å². The van der Waals surface area contributed by atoms with Crippen molar-refractivity contribution >= 4 is 0 Å². The second kappa shape index (κ2) is 14.0. The molecule has 6 nitrogen and oxygen atoms in total. The van der Waals surface area contributed by atoms with Crippen LogP contribution in [0.2, 0.25) is 0 Å².